The van der Waals surface area contributed by atoms with Crippen LogP contribution in [0.15, 0.2) is 24.3 Å². The zero-order chi connectivity index (χ0) is 13.2. The Hall–Kier alpha value is -0.860. The molecule has 1 aliphatic rings. The van der Waals surface area contributed by atoms with Gasteiger partial charge in [-0.25, -0.2) is 0 Å². The molecule has 2 rings (SSSR count). The predicted molar refractivity (Wildman–Crippen MR) is 75.6 cm³/mol. The summed E-state index contributed by atoms with van der Waals surface area (Å²) in [5.41, 5.74) is 1.71. The smallest absolute Gasteiger partial charge is 0.0921 e. The van der Waals surface area contributed by atoms with E-state index in [4.69, 9.17) is 0 Å². The highest BCUT2D eigenvalue weighted by atomic mass is 16.3. The Labute approximate surface area is 111 Å². The quantitative estimate of drug-likeness (QED) is 0.887. The standard InChI is InChI=1S/C16H25NO/c1-13(2)12-17-9-7-16(18,8-10-17)15-6-4-5-14(3)11-15/h4-6,11,13,18H,7-10,12H2,1-3H3. The van der Waals surface area contributed by atoms with E-state index in [1.807, 2.05) is 6.07 Å². The van der Waals surface area contributed by atoms with Crippen LogP contribution in [0.1, 0.15) is 37.8 Å². The van der Waals surface area contributed by atoms with E-state index in [1.54, 1.807) is 0 Å². The summed E-state index contributed by atoms with van der Waals surface area (Å²) in [5.74, 6) is 0.704. The summed E-state index contributed by atoms with van der Waals surface area (Å²) < 4.78 is 0. The van der Waals surface area contributed by atoms with Crippen LogP contribution in [-0.4, -0.2) is 29.6 Å². The molecule has 2 heteroatoms. The van der Waals surface area contributed by atoms with Crippen molar-refractivity contribution in [2.24, 2.45) is 5.92 Å². The van der Waals surface area contributed by atoms with Crippen molar-refractivity contribution in [2.75, 3.05) is 19.6 Å². The van der Waals surface area contributed by atoms with Gasteiger partial charge in [0, 0.05) is 19.6 Å². The van der Waals surface area contributed by atoms with Gasteiger partial charge in [-0.2, -0.15) is 0 Å². The fraction of sp³-hybridized carbons (Fsp3) is 0.625. The van der Waals surface area contributed by atoms with Gasteiger partial charge in [0.15, 0.2) is 0 Å². The van der Waals surface area contributed by atoms with E-state index in [9.17, 15) is 5.11 Å². The summed E-state index contributed by atoms with van der Waals surface area (Å²) in [4.78, 5) is 2.47. The number of aliphatic hydroxyl groups is 1. The Bertz CT molecular complexity index is 392. The van der Waals surface area contributed by atoms with Crippen molar-refractivity contribution in [1.82, 2.24) is 4.90 Å². The monoisotopic (exact) mass is 247 g/mol. The van der Waals surface area contributed by atoms with Gasteiger partial charge >= 0.3 is 0 Å². The second-order valence-corrected chi connectivity index (χ2v) is 6.10. The van der Waals surface area contributed by atoms with E-state index in [0.29, 0.717) is 5.92 Å². The van der Waals surface area contributed by atoms with Gasteiger partial charge in [0.2, 0.25) is 0 Å². The zero-order valence-electron chi connectivity index (χ0n) is 11.8. The summed E-state index contributed by atoms with van der Waals surface area (Å²) in [6.45, 7) is 9.73. The molecule has 0 unspecified atom stereocenters. The average molecular weight is 247 g/mol. The third kappa shape index (κ3) is 3.12. The highest BCUT2D eigenvalue weighted by Gasteiger charge is 2.33. The van der Waals surface area contributed by atoms with Gasteiger partial charge in [-0.05, 0) is 31.2 Å². The topological polar surface area (TPSA) is 23.5 Å². The van der Waals surface area contributed by atoms with Crippen LogP contribution >= 0.6 is 0 Å². The number of aryl methyl sites for hydroxylation is 1. The lowest BCUT2D eigenvalue weighted by Gasteiger charge is -2.39. The zero-order valence-corrected chi connectivity index (χ0v) is 11.8. The van der Waals surface area contributed by atoms with Crippen molar-refractivity contribution in [2.45, 2.75) is 39.2 Å². The first-order chi connectivity index (χ1) is 8.49. The molecule has 2 nitrogen and oxygen atoms in total. The number of benzene rings is 1. The van der Waals surface area contributed by atoms with Crippen LogP contribution in [0.2, 0.25) is 0 Å². The molecular weight excluding hydrogens is 222 g/mol. The molecule has 0 radical (unpaired) electrons. The Morgan fingerprint density at radius 3 is 2.50 bits per heavy atom. The molecule has 0 spiro atoms. The van der Waals surface area contributed by atoms with Crippen molar-refractivity contribution in [1.29, 1.82) is 0 Å². The van der Waals surface area contributed by atoms with Crippen LogP contribution in [0, 0.1) is 12.8 Å². The number of hydrogen-bond donors (Lipinski definition) is 1. The molecule has 1 saturated heterocycles. The summed E-state index contributed by atoms with van der Waals surface area (Å²) in [7, 11) is 0. The summed E-state index contributed by atoms with van der Waals surface area (Å²) in [5, 5.41) is 10.8. The molecule has 1 aromatic carbocycles. The molecule has 0 amide bonds. The Morgan fingerprint density at radius 1 is 1.28 bits per heavy atom. The number of hydrogen-bond acceptors (Lipinski definition) is 2. The maximum absolute atomic E-state index is 10.8. The summed E-state index contributed by atoms with van der Waals surface area (Å²) >= 11 is 0. The first-order valence-electron chi connectivity index (χ1n) is 7.01. The van der Waals surface area contributed by atoms with Gasteiger partial charge in [-0.3, -0.25) is 0 Å². The Balaban J connectivity index is 2.03. The second kappa shape index (κ2) is 5.41. The molecule has 0 saturated carbocycles. The predicted octanol–water partition coefficient (Wildman–Crippen LogP) is 2.93. The Morgan fingerprint density at radius 2 is 1.94 bits per heavy atom. The van der Waals surface area contributed by atoms with E-state index in [-0.39, 0.29) is 0 Å². The molecule has 0 aromatic heterocycles. The maximum atomic E-state index is 10.8. The minimum atomic E-state index is -0.612. The molecule has 1 fully saturated rings. The van der Waals surface area contributed by atoms with Gasteiger partial charge in [0.05, 0.1) is 5.60 Å². The first-order valence-corrected chi connectivity index (χ1v) is 7.01. The van der Waals surface area contributed by atoms with Crippen LogP contribution in [0.3, 0.4) is 0 Å². The largest absolute Gasteiger partial charge is 0.385 e. The van der Waals surface area contributed by atoms with Crippen LogP contribution in [0.4, 0.5) is 0 Å². The molecule has 1 aliphatic heterocycles. The van der Waals surface area contributed by atoms with Crippen LogP contribution < -0.4 is 0 Å². The number of piperidine rings is 1. The molecular formula is C16H25NO. The molecule has 1 heterocycles. The van der Waals surface area contributed by atoms with Gasteiger partial charge in [0.25, 0.3) is 0 Å². The van der Waals surface area contributed by atoms with E-state index in [2.05, 4.69) is 43.9 Å². The highest BCUT2D eigenvalue weighted by molar-refractivity contribution is 5.28. The number of rotatable bonds is 3. The van der Waals surface area contributed by atoms with Crippen molar-refractivity contribution in [3.63, 3.8) is 0 Å². The molecule has 1 aromatic rings. The van der Waals surface area contributed by atoms with Crippen molar-refractivity contribution >= 4 is 0 Å². The maximum Gasteiger partial charge on any atom is 0.0921 e. The van der Waals surface area contributed by atoms with E-state index in [1.165, 1.54) is 5.56 Å². The molecule has 100 valence electrons. The van der Waals surface area contributed by atoms with E-state index in [0.717, 1.165) is 38.0 Å². The lowest BCUT2D eigenvalue weighted by atomic mass is 9.83. The van der Waals surface area contributed by atoms with Crippen molar-refractivity contribution < 1.29 is 5.11 Å². The fourth-order valence-corrected chi connectivity index (χ4v) is 2.85. The SMILES string of the molecule is Cc1cccc(C2(O)CCN(CC(C)C)CC2)c1. The highest BCUT2D eigenvalue weighted by Crippen LogP contribution is 2.33. The molecule has 1 N–H and O–H groups in total. The lowest BCUT2D eigenvalue weighted by Crippen LogP contribution is -2.43. The number of likely N-dealkylation sites (tertiary alicyclic amines) is 1. The van der Waals surface area contributed by atoms with Crippen LogP contribution in [-0.2, 0) is 5.60 Å². The number of nitrogens with zero attached hydrogens (tertiary/aromatic N) is 1. The van der Waals surface area contributed by atoms with Gasteiger partial charge in [-0.15, -0.1) is 0 Å². The molecule has 18 heavy (non-hydrogen) atoms. The average Bonchev–Trinajstić information content (AvgIpc) is 2.32. The van der Waals surface area contributed by atoms with Crippen LogP contribution in [0.5, 0.6) is 0 Å². The van der Waals surface area contributed by atoms with Gasteiger partial charge in [-0.1, -0.05) is 43.7 Å². The summed E-state index contributed by atoms with van der Waals surface area (Å²) in [6, 6.07) is 8.31. The van der Waals surface area contributed by atoms with Crippen molar-refractivity contribution in [3.05, 3.63) is 35.4 Å². The molecule has 0 aliphatic carbocycles. The fourth-order valence-electron chi connectivity index (χ4n) is 2.85. The minimum absolute atomic E-state index is 0.612. The second-order valence-electron chi connectivity index (χ2n) is 6.10. The molecule has 0 bridgehead atoms. The third-order valence-corrected chi connectivity index (χ3v) is 3.86. The van der Waals surface area contributed by atoms with Gasteiger partial charge < -0.3 is 10.0 Å². The van der Waals surface area contributed by atoms with E-state index < -0.39 is 5.60 Å². The minimum Gasteiger partial charge on any atom is -0.385 e. The lowest BCUT2D eigenvalue weighted by molar-refractivity contribution is -0.0280. The van der Waals surface area contributed by atoms with Crippen molar-refractivity contribution in [3.8, 4) is 0 Å². The Kier molecular flexibility index (Phi) is 4.08. The van der Waals surface area contributed by atoms with E-state index >= 15 is 0 Å². The third-order valence-electron chi connectivity index (χ3n) is 3.86. The first kappa shape index (κ1) is 13.6. The van der Waals surface area contributed by atoms with Crippen LogP contribution in [0.25, 0.3) is 0 Å². The summed E-state index contributed by atoms with van der Waals surface area (Å²) in [6.07, 6.45) is 1.70. The van der Waals surface area contributed by atoms with Gasteiger partial charge in [0.1, 0.15) is 0 Å². The molecule has 0 atom stereocenters. The normalized spacial score (nSPS) is 20.3.